The van der Waals surface area contributed by atoms with Crippen LogP contribution in [0, 0.1) is 0 Å². The molecule has 0 aromatic carbocycles. The highest BCUT2D eigenvalue weighted by molar-refractivity contribution is 4.53. The topological polar surface area (TPSA) is 39.7 Å². The lowest BCUT2D eigenvalue weighted by molar-refractivity contribution is 0.0508. The summed E-state index contributed by atoms with van der Waals surface area (Å²) in [4.78, 5) is 0. The Morgan fingerprint density at radius 3 is 2.05 bits per heavy atom. The van der Waals surface area contributed by atoms with Gasteiger partial charge in [0.15, 0.2) is 0 Å². The first-order valence-corrected chi connectivity index (χ1v) is 7.65. The Morgan fingerprint density at radius 2 is 1.37 bits per heavy atom. The Hall–Kier alpha value is -0.160. The summed E-state index contributed by atoms with van der Waals surface area (Å²) in [5, 5.41) is 3.43. The van der Waals surface area contributed by atoms with Crippen molar-refractivity contribution in [2.24, 2.45) is 0 Å². The number of ether oxygens (including phenoxy) is 3. The van der Waals surface area contributed by atoms with E-state index in [1.54, 1.807) is 7.11 Å². The number of hydrogen-bond acceptors (Lipinski definition) is 4. The van der Waals surface area contributed by atoms with Crippen LogP contribution in [-0.4, -0.2) is 52.7 Å². The predicted octanol–water partition coefficient (Wildman–Crippen LogP) is 2.61. The average molecular weight is 275 g/mol. The van der Waals surface area contributed by atoms with Gasteiger partial charge in [0, 0.05) is 33.0 Å². The molecular weight excluding hydrogens is 242 g/mol. The van der Waals surface area contributed by atoms with Gasteiger partial charge < -0.3 is 19.5 Å². The zero-order valence-corrected chi connectivity index (χ0v) is 13.1. The Kier molecular flexibility index (Phi) is 15.8. The van der Waals surface area contributed by atoms with E-state index in [0.717, 1.165) is 32.8 Å². The molecule has 0 fully saturated rings. The zero-order chi connectivity index (χ0) is 14.2. The summed E-state index contributed by atoms with van der Waals surface area (Å²) in [5.41, 5.74) is 0. The number of methoxy groups -OCH3 is 1. The van der Waals surface area contributed by atoms with E-state index in [4.69, 9.17) is 14.2 Å². The summed E-state index contributed by atoms with van der Waals surface area (Å²) in [6.45, 7) is 9.33. The van der Waals surface area contributed by atoms with Crippen LogP contribution in [0.3, 0.4) is 0 Å². The number of unbranched alkanes of at least 4 members (excludes halogenated alkanes) is 3. The van der Waals surface area contributed by atoms with Gasteiger partial charge >= 0.3 is 0 Å². The summed E-state index contributed by atoms with van der Waals surface area (Å²) in [7, 11) is 1.69. The SMILES string of the molecule is COCCOCCCOCCCCCCNC(C)C. The summed E-state index contributed by atoms with van der Waals surface area (Å²) < 4.78 is 15.8. The van der Waals surface area contributed by atoms with Crippen molar-refractivity contribution in [3.8, 4) is 0 Å². The van der Waals surface area contributed by atoms with Gasteiger partial charge in [-0.25, -0.2) is 0 Å². The van der Waals surface area contributed by atoms with Crippen LogP contribution in [0.1, 0.15) is 46.0 Å². The first-order valence-electron chi connectivity index (χ1n) is 7.65. The standard InChI is InChI=1S/C15H33NO3/c1-15(2)16-9-6-4-5-7-10-18-11-8-12-19-14-13-17-3/h15-16H,4-14H2,1-3H3. The molecule has 0 saturated carbocycles. The van der Waals surface area contributed by atoms with Crippen LogP contribution in [-0.2, 0) is 14.2 Å². The molecule has 0 rings (SSSR count). The molecule has 0 aliphatic heterocycles. The maximum atomic E-state index is 5.56. The monoisotopic (exact) mass is 275 g/mol. The highest BCUT2D eigenvalue weighted by Gasteiger charge is 1.94. The first-order chi connectivity index (χ1) is 9.27. The van der Waals surface area contributed by atoms with Crippen molar-refractivity contribution in [1.29, 1.82) is 0 Å². The summed E-state index contributed by atoms with van der Waals surface area (Å²) >= 11 is 0. The fourth-order valence-electron chi connectivity index (χ4n) is 1.68. The second-order valence-electron chi connectivity index (χ2n) is 5.09. The van der Waals surface area contributed by atoms with Gasteiger partial charge in [0.25, 0.3) is 0 Å². The highest BCUT2D eigenvalue weighted by Crippen LogP contribution is 2.00. The van der Waals surface area contributed by atoms with E-state index in [1.165, 1.54) is 25.7 Å². The fourth-order valence-corrected chi connectivity index (χ4v) is 1.68. The molecule has 19 heavy (non-hydrogen) atoms. The van der Waals surface area contributed by atoms with Gasteiger partial charge in [-0.3, -0.25) is 0 Å². The maximum absolute atomic E-state index is 5.56. The molecule has 0 amide bonds. The lowest BCUT2D eigenvalue weighted by Gasteiger charge is -2.08. The van der Waals surface area contributed by atoms with Gasteiger partial charge in [0.2, 0.25) is 0 Å². The lowest BCUT2D eigenvalue weighted by Crippen LogP contribution is -2.23. The van der Waals surface area contributed by atoms with Crippen LogP contribution in [0.5, 0.6) is 0 Å². The highest BCUT2D eigenvalue weighted by atomic mass is 16.5. The van der Waals surface area contributed by atoms with E-state index in [0.29, 0.717) is 19.3 Å². The molecule has 0 radical (unpaired) electrons. The van der Waals surface area contributed by atoms with E-state index in [1.807, 2.05) is 0 Å². The molecule has 0 saturated heterocycles. The van der Waals surface area contributed by atoms with Crippen LogP contribution in [0.2, 0.25) is 0 Å². The number of rotatable bonds is 15. The Morgan fingerprint density at radius 1 is 0.737 bits per heavy atom. The summed E-state index contributed by atoms with van der Waals surface area (Å²) in [6.07, 6.45) is 5.98. The molecule has 0 bridgehead atoms. The van der Waals surface area contributed by atoms with E-state index >= 15 is 0 Å². The fraction of sp³-hybridized carbons (Fsp3) is 1.00. The molecule has 0 atom stereocenters. The van der Waals surface area contributed by atoms with Gasteiger partial charge in [-0.05, 0) is 25.8 Å². The van der Waals surface area contributed by atoms with Crippen LogP contribution in [0.25, 0.3) is 0 Å². The minimum absolute atomic E-state index is 0.606. The molecule has 0 aliphatic carbocycles. The molecule has 1 N–H and O–H groups in total. The third-order valence-corrected chi connectivity index (χ3v) is 2.78. The third-order valence-electron chi connectivity index (χ3n) is 2.78. The van der Waals surface area contributed by atoms with Crippen molar-refractivity contribution in [3.05, 3.63) is 0 Å². The van der Waals surface area contributed by atoms with Gasteiger partial charge in [0.05, 0.1) is 13.2 Å². The van der Waals surface area contributed by atoms with Gasteiger partial charge in [0.1, 0.15) is 0 Å². The van der Waals surface area contributed by atoms with Gasteiger partial charge in [-0.1, -0.05) is 26.7 Å². The number of hydrogen-bond donors (Lipinski definition) is 1. The molecule has 0 aliphatic rings. The van der Waals surface area contributed by atoms with Gasteiger partial charge in [-0.2, -0.15) is 0 Å². The molecule has 116 valence electrons. The smallest absolute Gasteiger partial charge is 0.0700 e. The Bertz CT molecular complexity index is 165. The summed E-state index contributed by atoms with van der Waals surface area (Å²) in [5.74, 6) is 0. The normalized spacial score (nSPS) is 11.4. The third kappa shape index (κ3) is 17.8. The van der Waals surface area contributed by atoms with Crippen molar-refractivity contribution in [1.82, 2.24) is 5.32 Å². The average Bonchev–Trinajstić information content (AvgIpc) is 2.39. The van der Waals surface area contributed by atoms with E-state index in [9.17, 15) is 0 Å². The molecule has 0 aromatic heterocycles. The molecule has 0 unspecified atom stereocenters. The quantitative estimate of drug-likeness (QED) is 0.466. The first kappa shape index (κ1) is 18.8. The van der Waals surface area contributed by atoms with Crippen molar-refractivity contribution >= 4 is 0 Å². The second kappa shape index (κ2) is 15.9. The molecule has 0 aromatic rings. The summed E-state index contributed by atoms with van der Waals surface area (Å²) in [6, 6.07) is 0.606. The number of nitrogens with one attached hydrogen (secondary N) is 1. The van der Waals surface area contributed by atoms with Crippen molar-refractivity contribution in [3.63, 3.8) is 0 Å². The van der Waals surface area contributed by atoms with Crippen molar-refractivity contribution in [2.45, 2.75) is 52.0 Å². The lowest BCUT2D eigenvalue weighted by atomic mass is 10.2. The van der Waals surface area contributed by atoms with Crippen molar-refractivity contribution < 1.29 is 14.2 Å². The Balaban J connectivity index is 2.91. The molecular formula is C15H33NO3. The molecule has 0 spiro atoms. The second-order valence-corrected chi connectivity index (χ2v) is 5.09. The predicted molar refractivity (Wildman–Crippen MR) is 79.7 cm³/mol. The van der Waals surface area contributed by atoms with Crippen LogP contribution >= 0.6 is 0 Å². The largest absolute Gasteiger partial charge is 0.382 e. The minimum atomic E-state index is 0.606. The van der Waals surface area contributed by atoms with Crippen LogP contribution < -0.4 is 5.32 Å². The molecule has 0 heterocycles. The maximum Gasteiger partial charge on any atom is 0.0700 e. The minimum Gasteiger partial charge on any atom is -0.382 e. The van der Waals surface area contributed by atoms with Crippen LogP contribution in [0.15, 0.2) is 0 Å². The van der Waals surface area contributed by atoms with E-state index in [2.05, 4.69) is 19.2 Å². The Labute approximate surface area is 119 Å². The molecule has 4 heteroatoms. The zero-order valence-electron chi connectivity index (χ0n) is 13.1. The van der Waals surface area contributed by atoms with Gasteiger partial charge in [-0.15, -0.1) is 0 Å². The van der Waals surface area contributed by atoms with Crippen molar-refractivity contribution in [2.75, 3.05) is 46.7 Å². The molecule has 4 nitrogen and oxygen atoms in total. The van der Waals surface area contributed by atoms with E-state index in [-0.39, 0.29) is 0 Å². The van der Waals surface area contributed by atoms with E-state index < -0.39 is 0 Å². The van der Waals surface area contributed by atoms with Crippen LogP contribution in [0.4, 0.5) is 0 Å².